The highest BCUT2D eigenvalue weighted by Gasteiger charge is 2.12. The van der Waals surface area contributed by atoms with Gasteiger partial charge in [-0.25, -0.2) is 0 Å². The van der Waals surface area contributed by atoms with Gasteiger partial charge < -0.3 is 20.6 Å². The molecule has 110 valence electrons. The highest BCUT2D eigenvalue weighted by molar-refractivity contribution is 5.97. The van der Waals surface area contributed by atoms with Crippen molar-refractivity contribution in [1.29, 1.82) is 0 Å². The Balaban J connectivity index is 2.65. The molecule has 0 bridgehead atoms. The number of hydrogen-bond acceptors (Lipinski definition) is 4. The molecule has 3 N–H and O–H groups in total. The first-order valence-electron chi connectivity index (χ1n) is 6.45. The summed E-state index contributed by atoms with van der Waals surface area (Å²) in [4.78, 5) is 13.9. The summed E-state index contributed by atoms with van der Waals surface area (Å²) < 4.78 is 4.98. The van der Waals surface area contributed by atoms with E-state index in [9.17, 15) is 4.79 Å². The summed E-state index contributed by atoms with van der Waals surface area (Å²) in [7, 11) is 1.62. The molecule has 0 saturated heterocycles. The zero-order valence-corrected chi connectivity index (χ0v) is 11.9. The minimum absolute atomic E-state index is 0.0538. The van der Waals surface area contributed by atoms with E-state index < -0.39 is 0 Å². The number of ether oxygens (including phenoxy) is 1. The Morgan fingerprint density at radius 3 is 2.55 bits per heavy atom. The number of likely N-dealkylation sites (N-methyl/N-ethyl adjacent to an activating group) is 1. The van der Waals surface area contributed by atoms with Crippen molar-refractivity contribution in [3.8, 4) is 0 Å². The Hall–Kier alpha value is -2.08. The van der Waals surface area contributed by atoms with Gasteiger partial charge in [0.05, 0.1) is 13.0 Å². The number of amides is 1. The van der Waals surface area contributed by atoms with Crippen molar-refractivity contribution in [1.82, 2.24) is 4.90 Å². The van der Waals surface area contributed by atoms with Crippen molar-refractivity contribution >= 4 is 11.7 Å². The number of carbonyl (C=O) groups is 1. The summed E-state index contributed by atoms with van der Waals surface area (Å²) in [5, 5.41) is 11.5. The average molecular weight is 279 g/mol. The van der Waals surface area contributed by atoms with E-state index in [1.807, 2.05) is 6.92 Å². The summed E-state index contributed by atoms with van der Waals surface area (Å²) in [6.45, 7) is 3.72. The molecule has 6 nitrogen and oxygen atoms in total. The number of amidine groups is 1. The summed E-state index contributed by atoms with van der Waals surface area (Å²) in [6, 6.07) is 7.05. The van der Waals surface area contributed by atoms with Crippen LogP contribution in [0.4, 0.5) is 0 Å². The molecule has 1 aromatic rings. The zero-order chi connectivity index (χ0) is 15.0. The zero-order valence-electron chi connectivity index (χ0n) is 11.9. The van der Waals surface area contributed by atoms with Crippen LogP contribution in [-0.4, -0.2) is 48.7 Å². The first-order valence-corrected chi connectivity index (χ1v) is 6.45. The van der Waals surface area contributed by atoms with Gasteiger partial charge in [0.25, 0.3) is 0 Å². The molecular weight excluding hydrogens is 258 g/mol. The molecule has 0 saturated carbocycles. The lowest BCUT2D eigenvalue weighted by Gasteiger charge is -2.20. The lowest BCUT2D eigenvalue weighted by atomic mass is 10.1. The molecule has 1 aromatic carbocycles. The molecule has 0 heterocycles. The number of rotatable bonds is 7. The molecule has 1 amide bonds. The number of nitrogens with zero attached hydrogens (tertiary/aromatic N) is 2. The van der Waals surface area contributed by atoms with Crippen LogP contribution in [0.25, 0.3) is 0 Å². The molecule has 6 heteroatoms. The predicted octanol–water partition coefficient (Wildman–Crippen LogP) is 0.819. The Bertz CT molecular complexity index is 457. The number of benzene rings is 1. The topological polar surface area (TPSA) is 88.2 Å². The van der Waals surface area contributed by atoms with Gasteiger partial charge in [-0.15, -0.1) is 0 Å². The van der Waals surface area contributed by atoms with Crippen LogP contribution in [0.5, 0.6) is 0 Å². The SMILES string of the molecule is CCN(CCOC)C(=O)Cc1ccc(C(N)=NO)cc1. The highest BCUT2D eigenvalue weighted by atomic mass is 16.5. The Morgan fingerprint density at radius 2 is 2.05 bits per heavy atom. The summed E-state index contributed by atoms with van der Waals surface area (Å²) in [6.07, 6.45) is 0.327. The van der Waals surface area contributed by atoms with Gasteiger partial charge in [0.1, 0.15) is 0 Å². The highest BCUT2D eigenvalue weighted by Crippen LogP contribution is 2.07. The number of nitrogens with two attached hydrogens (primary N) is 1. The van der Waals surface area contributed by atoms with Gasteiger partial charge in [-0.05, 0) is 12.5 Å². The van der Waals surface area contributed by atoms with E-state index in [0.29, 0.717) is 31.7 Å². The first kappa shape index (κ1) is 16.0. The van der Waals surface area contributed by atoms with Crippen LogP contribution in [0.3, 0.4) is 0 Å². The van der Waals surface area contributed by atoms with Gasteiger partial charge in [0, 0.05) is 25.8 Å². The maximum Gasteiger partial charge on any atom is 0.227 e. The maximum atomic E-state index is 12.1. The predicted molar refractivity (Wildman–Crippen MR) is 76.8 cm³/mol. The lowest BCUT2D eigenvalue weighted by molar-refractivity contribution is -0.130. The van der Waals surface area contributed by atoms with Crippen molar-refractivity contribution in [2.45, 2.75) is 13.3 Å². The van der Waals surface area contributed by atoms with Gasteiger partial charge in [0.15, 0.2) is 5.84 Å². The van der Waals surface area contributed by atoms with Crippen molar-refractivity contribution < 1.29 is 14.7 Å². The second kappa shape index (κ2) is 8.16. The van der Waals surface area contributed by atoms with E-state index in [1.54, 1.807) is 36.3 Å². The third-order valence-electron chi connectivity index (χ3n) is 3.01. The second-order valence-electron chi connectivity index (χ2n) is 4.33. The molecule has 0 radical (unpaired) electrons. The largest absolute Gasteiger partial charge is 0.409 e. The molecule has 0 fully saturated rings. The molecule has 0 aliphatic carbocycles. The maximum absolute atomic E-state index is 12.1. The lowest BCUT2D eigenvalue weighted by Crippen LogP contribution is -2.34. The number of methoxy groups -OCH3 is 1. The van der Waals surface area contributed by atoms with Crippen LogP contribution in [-0.2, 0) is 16.0 Å². The molecular formula is C14H21N3O3. The Kier molecular flexibility index (Phi) is 6.52. The number of carbonyl (C=O) groups excluding carboxylic acids is 1. The van der Waals surface area contributed by atoms with Gasteiger partial charge >= 0.3 is 0 Å². The summed E-state index contributed by atoms with van der Waals surface area (Å²) in [5.41, 5.74) is 6.99. The fourth-order valence-electron chi connectivity index (χ4n) is 1.80. The van der Waals surface area contributed by atoms with E-state index in [-0.39, 0.29) is 11.7 Å². The van der Waals surface area contributed by atoms with Crippen LogP contribution >= 0.6 is 0 Å². The van der Waals surface area contributed by atoms with Crippen molar-refractivity contribution in [3.63, 3.8) is 0 Å². The van der Waals surface area contributed by atoms with Crippen LogP contribution in [0.15, 0.2) is 29.4 Å². The Morgan fingerprint density at radius 1 is 1.40 bits per heavy atom. The number of hydrogen-bond donors (Lipinski definition) is 2. The molecule has 1 rings (SSSR count). The van der Waals surface area contributed by atoms with Crippen molar-refractivity contribution in [3.05, 3.63) is 35.4 Å². The average Bonchev–Trinajstić information content (AvgIpc) is 2.48. The molecule has 0 aliphatic rings. The van der Waals surface area contributed by atoms with Gasteiger partial charge in [-0.1, -0.05) is 29.4 Å². The van der Waals surface area contributed by atoms with Crippen LogP contribution in [0.1, 0.15) is 18.1 Å². The fourth-order valence-corrected chi connectivity index (χ4v) is 1.80. The third kappa shape index (κ3) is 4.55. The quantitative estimate of drug-likeness (QED) is 0.335. The summed E-state index contributed by atoms with van der Waals surface area (Å²) >= 11 is 0. The van der Waals surface area contributed by atoms with Crippen molar-refractivity contribution in [2.24, 2.45) is 10.9 Å². The Labute approximate surface area is 118 Å². The standard InChI is InChI=1S/C14H21N3O3/c1-3-17(8-9-20-2)13(18)10-11-4-6-12(7-5-11)14(15)16-19/h4-7,19H,3,8-10H2,1-2H3,(H2,15,16). The van der Waals surface area contributed by atoms with Gasteiger partial charge in [-0.2, -0.15) is 0 Å². The monoisotopic (exact) mass is 279 g/mol. The third-order valence-corrected chi connectivity index (χ3v) is 3.01. The van der Waals surface area contributed by atoms with Gasteiger partial charge in [0.2, 0.25) is 5.91 Å². The molecule has 0 spiro atoms. The number of oxime groups is 1. The van der Waals surface area contributed by atoms with Gasteiger partial charge in [-0.3, -0.25) is 4.79 Å². The van der Waals surface area contributed by atoms with E-state index in [0.717, 1.165) is 5.56 Å². The van der Waals surface area contributed by atoms with Crippen LogP contribution in [0, 0.1) is 0 Å². The fraction of sp³-hybridized carbons (Fsp3) is 0.429. The van der Waals surface area contributed by atoms with E-state index in [2.05, 4.69) is 5.16 Å². The van der Waals surface area contributed by atoms with E-state index in [4.69, 9.17) is 15.7 Å². The molecule has 0 aliphatic heterocycles. The molecule has 0 unspecified atom stereocenters. The molecule has 20 heavy (non-hydrogen) atoms. The summed E-state index contributed by atoms with van der Waals surface area (Å²) in [5.74, 6) is 0.110. The normalized spacial score (nSPS) is 11.4. The van der Waals surface area contributed by atoms with E-state index >= 15 is 0 Å². The molecule has 0 aromatic heterocycles. The van der Waals surface area contributed by atoms with E-state index in [1.165, 1.54) is 0 Å². The van der Waals surface area contributed by atoms with Crippen LogP contribution in [0.2, 0.25) is 0 Å². The van der Waals surface area contributed by atoms with Crippen molar-refractivity contribution in [2.75, 3.05) is 26.8 Å². The van der Waals surface area contributed by atoms with Crippen LogP contribution < -0.4 is 5.73 Å². The minimum atomic E-state index is 0.0538. The molecule has 0 atom stereocenters. The second-order valence-corrected chi connectivity index (χ2v) is 4.33. The first-order chi connectivity index (χ1) is 9.62. The smallest absolute Gasteiger partial charge is 0.227 e. The minimum Gasteiger partial charge on any atom is -0.409 e.